The third-order valence-corrected chi connectivity index (χ3v) is 6.79. The zero-order valence-corrected chi connectivity index (χ0v) is 19.3. The van der Waals surface area contributed by atoms with Gasteiger partial charge in [0.25, 0.3) is 0 Å². The van der Waals surface area contributed by atoms with Crippen molar-refractivity contribution in [2.24, 2.45) is 0 Å². The van der Waals surface area contributed by atoms with Crippen LogP contribution in [0.5, 0.6) is 0 Å². The van der Waals surface area contributed by atoms with Crippen LogP contribution >= 0.6 is 0 Å². The minimum atomic E-state index is -1.12. The topological polar surface area (TPSA) is 120 Å². The summed E-state index contributed by atoms with van der Waals surface area (Å²) in [6.45, 7) is 1.75. The molecule has 3 atom stereocenters. The lowest BCUT2D eigenvalue weighted by Gasteiger charge is -2.46. The van der Waals surface area contributed by atoms with Gasteiger partial charge in [0, 0.05) is 49.6 Å². The van der Waals surface area contributed by atoms with Crippen LogP contribution in [0.1, 0.15) is 44.7 Å². The standard InChI is InChI=1S/C25H30N4O5/c1-16(30)28-14-19-7-4-6-18(13-24(32)29(19)22(15-28)25(33)34)27-23(31)10-9-21-20-8-3-2-5-17(20)11-12-26-21/h2-3,5,8,11-12,18-19,22H,4,6-7,9-10,13-15H2,1H3,(H,27,31)(H,33,34). The second kappa shape index (κ2) is 10.2. The van der Waals surface area contributed by atoms with E-state index in [1.54, 1.807) is 6.20 Å². The molecule has 0 aliphatic carbocycles. The lowest BCUT2D eigenvalue weighted by molar-refractivity contribution is -0.161. The molecular weight excluding hydrogens is 436 g/mol. The molecule has 2 saturated heterocycles. The minimum Gasteiger partial charge on any atom is -0.480 e. The van der Waals surface area contributed by atoms with Gasteiger partial charge in [0.1, 0.15) is 6.04 Å². The smallest absolute Gasteiger partial charge is 0.328 e. The van der Waals surface area contributed by atoms with E-state index in [-0.39, 0.29) is 49.2 Å². The van der Waals surface area contributed by atoms with Crippen molar-refractivity contribution in [3.05, 3.63) is 42.2 Å². The fourth-order valence-corrected chi connectivity index (χ4v) is 5.08. The number of fused-ring (bicyclic) bond motifs is 2. The molecule has 2 aliphatic rings. The minimum absolute atomic E-state index is 0.0119. The average molecular weight is 467 g/mol. The number of pyridine rings is 1. The molecule has 2 N–H and O–H groups in total. The number of amides is 3. The van der Waals surface area contributed by atoms with Crippen molar-refractivity contribution >= 4 is 34.5 Å². The van der Waals surface area contributed by atoms with Crippen LogP contribution in [0, 0.1) is 0 Å². The summed E-state index contributed by atoms with van der Waals surface area (Å²) >= 11 is 0. The van der Waals surface area contributed by atoms with E-state index >= 15 is 0 Å². The molecule has 3 heterocycles. The molecule has 34 heavy (non-hydrogen) atoms. The summed E-state index contributed by atoms with van der Waals surface area (Å²) in [5, 5.41) is 14.8. The molecule has 1 aromatic heterocycles. The van der Waals surface area contributed by atoms with E-state index in [1.165, 1.54) is 16.7 Å². The number of aliphatic carboxylic acids is 1. The van der Waals surface area contributed by atoms with Crippen LogP contribution in [0.2, 0.25) is 0 Å². The molecular formula is C25H30N4O5. The maximum Gasteiger partial charge on any atom is 0.328 e. The van der Waals surface area contributed by atoms with Crippen molar-refractivity contribution in [1.82, 2.24) is 20.1 Å². The quantitative estimate of drug-likeness (QED) is 0.693. The average Bonchev–Trinajstić information content (AvgIpc) is 2.80. The van der Waals surface area contributed by atoms with Crippen molar-refractivity contribution in [2.45, 2.75) is 63.6 Å². The fraction of sp³-hybridized carbons (Fsp3) is 0.480. The molecule has 180 valence electrons. The Morgan fingerprint density at radius 3 is 2.71 bits per heavy atom. The van der Waals surface area contributed by atoms with E-state index in [4.69, 9.17) is 0 Å². The molecule has 2 fully saturated rings. The van der Waals surface area contributed by atoms with E-state index < -0.39 is 12.0 Å². The molecule has 0 radical (unpaired) electrons. The van der Waals surface area contributed by atoms with Crippen molar-refractivity contribution in [2.75, 3.05) is 13.1 Å². The molecule has 1 aromatic carbocycles. The molecule has 0 saturated carbocycles. The summed E-state index contributed by atoms with van der Waals surface area (Å²) < 4.78 is 0. The normalized spacial score (nSPS) is 23.1. The van der Waals surface area contributed by atoms with Crippen LogP contribution in [-0.4, -0.2) is 74.8 Å². The van der Waals surface area contributed by atoms with E-state index in [9.17, 15) is 24.3 Å². The summed E-state index contributed by atoms with van der Waals surface area (Å²) in [7, 11) is 0. The molecule has 2 aromatic rings. The molecule has 3 unspecified atom stereocenters. The number of nitrogens with one attached hydrogen (secondary N) is 1. The Balaban J connectivity index is 1.39. The molecule has 9 nitrogen and oxygen atoms in total. The van der Waals surface area contributed by atoms with E-state index in [1.807, 2.05) is 30.3 Å². The first-order valence-electron chi connectivity index (χ1n) is 11.7. The van der Waals surface area contributed by atoms with Crippen molar-refractivity contribution in [3.8, 4) is 0 Å². The number of carbonyl (C=O) groups excluding carboxylic acids is 3. The highest BCUT2D eigenvalue weighted by Crippen LogP contribution is 2.26. The fourth-order valence-electron chi connectivity index (χ4n) is 5.08. The Morgan fingerprint density at radius 1 is 1.15 bits per heavy atom. The molecule has 0 spiro atoms. The zero-order chi connectivity index (χ0) is 24.2. The highest BCUT2D eigenvalue weighted by molar-refractivity contribution is 5.87. The highest BCUT2D eigenvalue weighted by atomic mass is 16.4. The number of hydrogen-bond acceptors (Lipinski definition) is 5. The lowest BCUT2D eigenvalue weighted by atomic mass is 9.93. The number of carboxylic acids is 1. The molecule has 2 aliphatic heterocycles. The monoisotopic (exact) mass is 466 g/mol. The van der Waals surface area contributed by atoms with Crippen LogP contribution < -0.4 is 5.32 Å². The second-order valence-electron chi connectivity index (χ2n) is 9.11. The van der Waals surface area contributed by atoms with Crippen LogP contribution in [0.3, 0.4) is 0 Å². The molecule has 3 amide bonds. The maximum atomic E-state index is 13.1. The van der Waals surface area contributed by atoms with E-state index in [0.29, 0.717) is 25.8 Å². The maximum absolute atomic E-state index is 13.1. The molecule has 4 rings (SSSR count). The van der Waals surface area contributed by atoms with Gasteiger partial charge in [-0.25, -0.2) is 4.79 Å². The SMILES string of the molecule is CC(=O)N1CC2CCCC(NC(=O)CCc3nccc4ccccc34)CC(=O)N2C(C(=O)O)C1. The summed E-state index contributed by atoms with van der Waals surface area (Å²) in [6.07, 6.45) is 4.48. The first-order chi connectivity index (χ1) is 16.3. The molecule has 9 heteroatoms. The number of hydrogen-bond donors (Lipinski definition) is 2. The van der Waals surface area contributed by atoms with Crippen molar-refractivity contribution in [1.29, 1.82) is 0 Å². The van der Waals surface area contributed by atoms with Crippen LogP contribution in [0.15, 0.2) is 36.5 Å². The van der Waals surface area contributed by atoms with Crippen molar-refractivity contribution in [3.63, 3.8) is 0 Å². The first-order valence-corrected chi connectivity index (χ1v) is 11.7. The van der Waals surface area contributed by atoms with Gasteiger partial charge >= 0.3 is 5.97 Å². The van der Waals surface area contributed by atoms with Crippen molar-refractivity contribution < 1.29 is 24.3 Å². The Labute approximate surface area is 198 Å². The summed E-state index contributed by atoms with van der Waals surface area (Å²) in [5.41, 5.74) is 0.859. The summed E-state index contributed by atoms with van der Waals surface area (Å²) in [5.74, 6) is -1.75. The van der Waals surface area contributed by atoms with Gasteiger partial charge in [0.05, 0.1) is 12.6 Å². The number of aryl methyl sites for hydroxylation is 1. The largest absolute Gasteiger partial charge is 0.480 e. The number of carbonyl (C=O) groups is 4. The predicted molar refractivity (Wildman–Crippen MR) is 125 cm³/mol. The van der Waals surface area contributed by atoms with E-state index in [2.05, 4.69) is 10.3 Å². The van der Waals surface area contributed by atoms with Gasteiger partial charge < -0.3 is 20.2 Å². The van der Waals surface area contributed by atoms with Gasteiger partial charge in [-0.05, 0) is 37.1 Å². The zero-order valence-electron chi connectivity index (χ0n) is 19.3. The van der Waals surface area contributed by atoms with E-state index in [0.717, 1.165) is 22.9 Å². The third kappa shape index (κ3) is 5.18. The lowest BCUT2D eigenvalue weighted by Crippen LogP contribution is -2.64. The summed E-state index contributed by atoms with van der Waals surface area (Å²) in [6, 6.07) is 8.11. The second-order valence-corrected chi connectivity index (χ2v) is 9.11. The Kier molecular flexibility index (Phi) is 7.09. The predicted octanol–water partition coefficient (Wildman–Crippen LogP) is 1.74. The molecule has 0 bridgehead atoms. The van der Waals surface area contributed by atoms with Gasteiger partial charge in [0.2, 0.25) is 17.7 Å². The number of piperazine rings is 1. The summed E-state index contributed by atoms with van der Waals surface area (Å²) in [4.78, 5) is 56.9. The van der Waals surface area contributed by atoms with Gasteiger partial charge in [-0.3, -0.25) is 19.4 Å². The van der Waals surface area contributed by atoms with Crippen LogP contribution in [0.25, 0.3) is 10.8 Å². The van der Waals surface area contributed by atoms with Gasteiger partial charge in [-0.1, -0.05) is 24.3 Å². The number of nitrogens with zero attached hydrogens (tertiary/aromatic N) is 3. The Morgan fingerprint density at radius 2 is 1.94 bits per heavy atom. The van der Waals surface area contributed by atoms with Gasteiger partial charge in [0.15, 0.2) is 0 Å². The van der Waals surface area contributed by atoms with Gasteiger partial charge in [-0.2, -0.15) is 0 Å². The number of aromatic nitrogens is 1. The Hall–Kier alpha value is -3.49. The van der Waals surface area contributed by atoms with Crippen LogP contribution in [0.4, 0.5) is 0 Å². The Bertz CT molecular complexity index is 1100. The number of carboxylic acid groups (broad SMARTS) is 1. The highest BCUT2D eigenvalue weighted by Gasteiger charge is 2.43. The van der Waals surface area contributed by atoms with Crippen LogP contribution in [-0.2, 0) is 25.6 Å². The number of benzene rings is 1. The number of rotatable bonds is 5. The van der Waals surface area contributed by atoms with Gasteiger partial charge in [-0.15, -0.1) is 0 Å². The third-order valence-electron chi connectivity index (χ3n) is 6.79. The first kappa shape index (κ1) is 23.7.